The zero-order valence-corrected chi connectivity index (χ0v) is 13.7. The maximum atomic E-state index is 10.8. The van der Waals surface area contributed by atoms with E-state index < -0.39 is 5.97 Å². The number of carboxylic acids is 1. The third kappa shape index (κ3) is 4.86. The molecular formula is C16H19NO2S2. The number of benzene rings is 1. The van der Waals surface area contributed by atoms with Crippen LogP contribution in [0, 0.1) is 0 Å². The van der Waals surface area contributed by atoms with Crippen molar-refractivity contribution in [3.63, 3.8) is 0 Å². The fourth-order valence-corrected chi connectivity index (χ4v) is 3.67. The molecule has 1 aromatic heterocycles. The lowest BCUT2D eigenvalue weighted by atomic mass is 10.2. The molecule has 2 aromatic rings. The van der Waals surface area contributed by atoms with Crippen LogP contribution in [0.5, 0.6) is 0 Å². The summed E-state index contributed by atoms with van der Waals surface area (Å²) in [5, 5.41) is 11.2. The second-order valence-electron chi connectivity index (χ2n) is 4.80. The maximum absolute atomic E-state index is 10.8. The lowest BCUT2D eigenvalue weighted by molar-refractivity contribution is 0.0691. The van der Waals surface area contributed by atoms with Gasteiger partial charge in [-0.05, 0) is 17.7 Å². The molecule has 21 heavy (non-hydrogen) atoms. The summed E-state index contributed by atoms with van der Waals surface area (Å²) >= 11 is 3.33. The van der Waals surface area contributed by atoms with E-state index in [0.29, 0.717) is 0 Å². The molecule has 0 aliphatic carbocycles. The van der Waals surface area contributed by atoms with Crippen molar-refractivity contribution in [1.29, 1.82) is 0 Å². The summed E-state index contributed by atoms with van der Waals surface area (Å²) in [6.45, 7) is 2.22. The van der Waals surface area contributed by atoms with Crippen molar-refractivity contribution in [2.45, 2.75) is 31.9 Å². The van der Waals surface area contributed by atoms with Gasteiger partial charge in [0, 0.05) is 16.7 Å². The molecule has 0 spiro atoms. The van der Waals surface area contributed by atoms with Gasteiger partial charge in [-0.25, -0.2) is 9.78 Å². The van der Waals surface area contributed by atoms with E-state index in [1.807, 2.05) is 23.9 Å². The van der Waals surface area contributed by atoms with Crippen molar-refractivity contribution in [1.82, 2.24) is 4.98 Å². The van der Waals surface area contributed by atoms with Crippen molar-refractivity contribution in [2.24, 2.45) is 0 Å². The molecule has 112 valence electrons. The van der Waals surface area contributed by atoms with Gasteiger partial charge < -0.3 is 5.11 Å². The minimum absolute atomic E-state index is 0.116. The number of aromatic nitrogens is 1. The van der Waals surface area contributed by atoms with Crippen molar-refractivity contribution < 1.29 is 9.90 Å². The Bertz CT molecular complexity index is 578. The number of unbranched alkanes of at least 4 members (excludes halogenated alkanes) is 2. The van der Waals surface area contributed by atoms with Gasteiger partial charge in [-0.3, -0.25) is 0 Å². The Morgan fingerprint density at radius 1 is 1.29 bits per heavy atom. The van der Waals surface area contributed by atoms with E-state index >= 15 is 0 Å². The van der Waals surface area contributed by atoms with E-state index in [1.54, 1.807) is 5.38 Å². The van der Waals surface area contributed by atoms with E-state index in [4.69, 9.17) is 5.11 Å². The molecule has 1 aromatic carbocycles. The first-order valence-corrected chi connectivity index (χ1v) is 9.10. The molecule has 1 N–H and O–H groups in total. The first kappa shape index (κ1) is 16.0. The van der Waals surface area contributed by atoms with Gasteiger partial charge in [0.1, 0.15) is 5.01 Å². The number of thioether (sulfide) groups is 1. The van der Waals surface area contributed by atoms with Crippen LogP contribution in [-0.2, 0) is 5.75 Å². The first-order chi connectivity index (χ1) is 10.2. The molecule has 5 heteroatoms. The van der Waals surface area contributed by atoms with E-state index in [2.05, 4.69) is 24.0 Å². The van der Waals surface area contributed by atoms with Gasteiger partial charge in [0.2, 0.25) is 0 Å². The summed E-state index contributed by atoms with van der Waals surface area (Å²) < 4.78 is 0. The molecule has 0 aliphatic rings. The highest BCUT2D eigenvalue weighted by Gasteiger charge is 2.09. The van der Waals surface area contributed by atoms with Gasteiger partial charge in [-0.15, -0.1) is 11.3 Å². The highest BCUT2D eigenvalue weighted by molar-refractivity contribution is 7.98. The second kappa shape index (κ2) is 8.20. The molecule has 0 radical (unpaired) electrons. The summed E-state index contributed by atoms with van der Waals surface area (Å²) in [5.74, 6) is 1.27. The topological polar surface area (TPSA) is 50.2 Å². The standard InChI is InChI=1S/C16H19NO2S2/c1-2-3-4-9-20-10-12-5-7-13(8-6-12)15-17-14(11-21-15)16(18)19/h5-8,11H,2-4,9-10H2,1H3,(H,18,19). The normalized spacial score (nSPS) is 10.7. The third-order valence-corrected chi connectivity index (χ3v) is 5.09. The van der Waals surface area contributed by atoms with Gasteiger partial charge in [0.15, 0.2) is 5.69 Å². The van der Waals surface area contributed by atoms with Gasteiger partial charge in [-0.1, -0.05) is 44.0 Å². The molecule has 3 nitrogen and oxygen atoms in total. The Labute approximate surface area is 133 Å². The largest absolute Gasteiger partial charge is 0.476 e. The Hall–Kier alpha value is -1.33. The van der Waals surface area contributed by atoms with Crippen molar-refractivity contribution in [3.05, 3.63) is 40.9 Å². The van der Waals surface area contributed by atoms with E-state index in [0.717, 1.165) is 16.3 Å². The molecule has 0 unspecified atom stereocenters. The predicted molar refractivity (Wildman–Crippen MR) is 90.2 cm³/mol. The Kier molecular flexibility index (Phi) is 6.26. The van der Waals surface area contributed by atoms with Crippen molar-refractivity contribution in [2.75, 3.05) is 5.75 Å². The Balaban J connectivity index is 1.90. The minimum atomic E-state index is -0.974. The number of nitrogens with zero attached hydrogens (tertiary/aromatic N) is 1. The lowest BCUT2D eigenvalue weighted by Gasteiger charge is -2.03. The predicted octanol–water partition coefficient (Wildman–Crippen LogP) is 4.93. The molecule has 0 bridgehead atoms. The SMILES string of the molecule is CCCCCSCc1ccc(-c2nc(C(=O)O)cs2)cc1. The number of rotatable bonds is 8. The zero-order chi connectivity index (χ0) is 15.1. The third-order valence-electron chi connectivity index (χ3n) is 3.09. The van der Waals surface area contributed by atoms with Crippen LogP contribution in [0.2, 0.25) is 0 Å². The van der Waals surface area contributed by atoms with E-state index in [1.165, 1.54) is 41.9 Å². The number of carboxylic acid groups (broad SMARTS) is 1. The fourth-order valence-electron chi connectivity index (χ4n) is 1.89. The molecule has 0 aliphatic heterocycles. The molecular weight excluding hydrogens is 302 g/mol. The van der Waals surface area contributed by atoms with E-state index in [9.17, 15) is 4.79 Å². The Morgan fingerprint density at radius 3 is 2.67 bits per heavy atom. The number of aromatic carboxylic acids is 1. The van der Waals surface area contributed by atoms with Crippen LogP contribution < -0.4 is 0 Å². The average Bonchev–Trinajstić information content (AvgIpc) is 2.98. The summed E-state index contributed by atoms with van der Waals surface area (Å²) in [4.78, 5) is 15.0. The zero-order valence-electron chi connectivity index (χ0n) is 12.0. The van der Waals surface area contributed by atoms with Crippen LogP contribution in [0.15, 0.2) is 29.6 Å². The molecule has 0 atom stereocenters. The lowest BCUT2D eigenvalue weighted by Crippen LogP contribution is -1.95. The van der Waals surface area contributed by atoms with Gasteiger partial charge in [0.05, 0.1) is 0 Å². The van der Waals surface area contributed by atoms with Gasteiger partial charge in [0.25, 0.3) is 0 Å². The van der Waals surface area contributed by atoms with Crippen LogP contribution in [0.3, 0.4) is 0 Å². The molecule has 0 fully saturated rings. The van der Waals surface area contributed by atoms with Crippen LogP contribution in [0.4, 0.5) is 0 Å². The second-order valence-corrected chi connectivity index (χ2v) is 6.76. The molecule has 1 heterocycles. The summed E-state index contributed by atoms with van der Waals surface area (Å²) in [6, 6.07) is 8.24. The van der Waals surface area contributed by atoms with Gasteiger partial charge >= 0.3 is 5.97 Å². The first-order valence-electron chi connectivity index (χ1n) is 7.06. The molecule has 0 saturated carbocycles. The minimum Gasteiger partial charge on any atom is -0.476 e. The van der Waals surface area contributed by atoms with Crippen LogP contribution in [-0.4, -0.2) is 21.8 Å². The number of hydrogen-bond acceptors (Lipinski definition) is 4. The molecule has 0 saturated heterocycles. The van der Waals surface area contributed by atoms with Crippen LogP contribution >= 0.6 is 23.1 Å². The Morgan fingerprint density at radius 2 is 2.05 bits per heavy atom. The smallest absolute Gasteiger partial charge is 0.355 e. The average molecular weight is 321 g/mol. The monoisotopic (exact) mass is 321 g/mol. The maximum Gasteiger partial charge on any atom is 0.355 e. The van der Waals surface area contributed by atoms with E-state index in [-0.39, 0.29) is 5.69 Å². The van der Waals surface area contributed by atoms with Crippen LogP contribution in [0.1, 0.15) is 42.2 Å². The van der Waals surface area contributed by atoms with Crippen molar-refractivity contribution in [3.8, 4) is 10.6 Å². The van der Waals surface area contributed by atoms with Crippen LogP contribution in [0.25, 0.3) is 10.6 Å². The fraction of sp³-hybridized carbons (Fsp3) is 0.375. The van der Waals surface area contributed by atoms with Gasteiger partial charge in [-0.2, -0.15) is 11.8 Å². The quantitative estimate of drug-likeness (QED) is 0.700. The molecule has 2 rings (SSSR count). The highest BCUT2D eigenvalue weighted by Crippen LogP contribution is 2.25. The number of carbonyl (C=O) groups is 1. The highest BCUT2D eigenvalue weighted by atomic mass is 32.2. The summed E-state index contributed by atoms with van der Waals surface area (Å²) in [5.41, 5.74) is 2.40. The summed E-state index contributed by atoms with van der Waals surface area (Å²) in [6.07, 6.45) is 3.86. The number of hydrogen-bond donors (Lipinski definition) is 1. The number of thiazole rings is 1. The van der Waals surface area contributed by atoms with Crippen molar-refractivity contribution >= 4 is 29.1 Å². The molecule has 0 amide bonds. The summed E-state index contributed by atoms with van der Waals surface area (Å²) in [7, 11) is 0.